The summed E-state index contributed by atoms with van der Waals surface area (Å²) in [7, 11) is 0. The summed E-state index contributed by atoms with van der Waals surface area (Å²) in [4.78, 5) is 4.11. The van der Waals surface area contributed by atoms with E-state index >= 15 is 0 Å². The van der Waals surface area contributed by atoms with Crippen molar-refractivity contribution in [3.8, 4) is 118 Å². The molecule has 0 N–H and O–H groups in total. The van der Waals surface area contributed by atoms with Gasteiger partial charge in [-0.05, 0) is 148 Å². The van der Waals surface area contributed by atoms with Crippen LogP contribution in [0.4, 0.5) is 34.1 Å². The van der Waals surface area contributed by atoms with E-state index < -0.39 is 78.3 Å². The van der Waals surface area contributed by atoms with Crippen molar-refractivity contribution in [1.82, 2.24) is 4.57 Å². The summed E-state index contributed by atoms with van der Waals surface area (Å²) in [5.41, 5.74) is 11.7. The van der Waals surface area contributed by atoms with Crippen LogP contribution in [0.25, 0.3) is 117 Å². The van der Waals surface area contributed by atoms with E-state index in [4.69, 9.17) is 10.8 Å². The number of anilines is 6. The first kappa shape index (κ1) is 47.8. The number of aromatic nitrogens is 1. The molecule has 0 spiro atoms. The molecule has 5 aliphatic rings. The fraction of sp³-hybridized carbons (Fsp3) is 0.0400. The Labute approximate surface area is 644 Å². The van der Waals surface area contributed by atoms with Crippen molar-refractivity contribution in [3.63, 3.8) is 0 Å². The summed E-state index contributed by atoms with van der Waals surface area (Å²) < 4.78 is 175. The lowest BCUT2D eigenvalue weighted by Crippen LogP contribution is -2.66. The number of hydrogen-bond acceptors (Lipinski definition) is 4. The van der Waals surface area contributed by atoms with Gasteiger partial charge in [0.25, 0.3) is 13.4 Å². The molecule has 0 fully saturated rings. The molecule has 0 amide bonds. The Bertz CT molecular complexity index is 7340. The Morgan fingerprint density at radius 1 is 0.308 bits per heavy atom. The van der Waals surface area contributed by atoms with Gasteiger partial charge in [0.15, 0.2) is 0 Å². The molecular weight excluding hydrogens is 1300 g/mol. The van der Waals surface area contributed by atoms with Gasteiger partial charge in [-0.3, -0.25) is 0 Å². The van der Waals surface area contributed by atoms with E-state index in [1.165, 1.54) is 0 Å². The summed E-state index contributed by atoms with van der Waals surface area (Å²) >= 11 is 0. The summed E-state index contributed by atoms with van der Waals surface area (Å²) in [5.74, 6) is 0.292. The first-order valence-electron chi connectivity index (χ1n) is 43.6. The molecule has 0 aliphatic carbocycles. The van der Waals surface area contributed by atoms with Gasteiger partial charge in [0, 0.05) is 78.1 Å². The van der Waals surface area contributed by atoms with E-state index in [1.807, 2.05) is 241 Å². The molecule has 0 atom stereocenters. The zero-order valence-corrected chi connectivity index (χ0v) is 58.1. The molecule has 107 heavy (non-hydrogen) atoms. The van der Waals surface area contributed by atoms with Crippen LogP contribution in [-0.2, 0) is 5.41 Å². The lowest BCUT2D eigenvalue weighted by atomic mass is 9.29. The second kappa shape index (κ2) is 23.6. The standard InChI is InChI=1S/C100H67B2N3O2/c1-100(2,3)72-58-84-89-85(59-72)105(95-75(66-38-20-8-21-39-66)48-29-49-76(95)67-40-22-9-23-41-67)86-61-87-91-99(90(86)101(89)81-53-50-71(63-32-14-5-15-33-63)57-83(81)104(84)94-73(64-34-16-6-17-35-64)46-28-47-74(94)65-36-18-7-19-37-65)106-88-55-52-77(68-42-24-10-25-43-68)97-92(88)102(91)93-96-80(60-78(98(93)107-97)69-44-26-11-27-45-69)79-56-70(51-54-82(79)103(87)96)62-30-12-4-13-31-62/h4-61H,1-3H3/i5D,14D,15D,32D,33D,50D,51D,52D,53D,54D,55D,56D,57D,60D,61D. The first-order valence-corrected chi connectivity index (χ1v) is 36.1. The fourth-order valence-electron chi connectivity index (χ4n) is 17.1. The third-order valence-electron chi connectivity index (χ3n) is 21.9. The maximum atomic E-state index is 12.4. The molecule has 500 valence electrons. The molecule has 0 bridgehead atoms. The van der Waals surface area contributed by atoms with Crippen LogP contribution in [0, 0.1) is 0 Å². The van der Waals surface area contributed by atoms with Gasteiger partial charge in [0.2, 0.25) is 0 Å². The second-order valence-corrected chi connectivity index (χ2v) is 28.8. The van der Waals surface area contributed by atoms with Crippen molar-refractivity contribution in [2.24, 2.45) is 0 Å². The highest BCUT2D eigenvalue weighted by Gasteiger charge is 2.54. The number of benzene rings is 16. The molecule has 1 aromatic heterocycles. The predicted octanol–water partition coefficient (Wildman–Crippen LogP) is 22.5. The number of ether oxygens (including phenoxy) is 2. The number of nitrogens with zero attached hydrogens (tertiary/aromatic N) is 3. The van der Waals surface area contributed by atoms with Crippen molar-refractivity contribution in [2.75, 3.05) is 9.80 Å². The molecule has 16 aromatic carbocycles. The molecule has 7 heteroatoms. The molecule has 0 saturated carbocycles. The smallest absolute Gasteiger partial charge is 0.266 e. The van der Waals surface area contributed by atoms with Crippen LogP contribution < -0.4 is 52.1 Å². The van der Waals surface area contributed by atoms with Crippen LogP contribution in [0.1, 0.15) is 46.9 Å². The lowest BCUT2D eigenvalue weighted by molar-refractivity contribution is 0.468. The minimum absolute atomic E-state index is 0.000301. The maximum Gasteiger partial charge on any atom is 0.266 e. The molecule has 0 unspecified atom stereocenters. The van der Waals surface area contributed by atoms with Crippen molar-refractivity contribution in [2.45, 2.75) is 26.2 Å². The van der Waals surface area contributed by atoms with E-state index in [0.29, 0.717) is 94.6 Å². The summed E-state index contributed by atoms with van der Waals surface area (Å²) in [6.45, 7) is 3.70. The van der Waals surface area contributed by atoms with Crippen LogP contribution in [0.2, 0.25) is 0 Å². The van der Waals surface area contributed by atoms with Crippen molar-refractivity contribution in [1.29, 1.82) is 0 Å². The van der Waals surface area contributed by atoms with Crippen LogP contribution in [-0.4, -0.2) is 18.0 Å². The molecule has 5 aliphatic heterocycles. The van der Waals surface area contributed by atoms with E-state index in [9.17, 15) is 19.2 Å². The number of fused-ring (bicyclic) bond motifs is 9. The Balaban J connectivity index is 1.01. The molecule has 0 radical (unpaired) electrons. The number of hydrogen-bond donors (Lipinski definition) is 0. The first-order chi connectivity index (χ1) is 59.1. The molecular formula is C100H67B2N3O2. The van der Waals surface area contributed by atoms with E-state index in [0.717, 1.165) is 27.8 Å². The van der Waals surface area contributed by atoms with Crippen LogP contribution >= 0.6 is 0 Å². The third-order valence-corrected chi connectivity index (χ3v) is 21.9. The van der Waals surface area contributed by atoms with Crippen molar-refractivity contribution < 1.29 is 30.0 Å². The molecule has 6 heterocycles. The van der Waals surface area contributed by atoms with Crippen LogP contribution in [0.15, 0.2) is 351 Å². The lowest BCUT2D eigenvalue weighted by Gasteiger charge is -2.48. The van der Waals surface area contributed by atoms with Gasteiger partial charge in [-0.25, -0.2) is 0 Å². The van der Waals surface area contributed by atoms with Gasteiger partial charge in [0.05, 0.1) is 43.0 Å². The SMILES string of the molecule is [2H]c1c([2H])c([2H])c(-c2c([2H])c([2H])c3c(c2[2H])N(c2c(-c4ccccc4)cccc2-c2ccccc2)c2cc(C(C)(C)C)cc4c2B3c2c3c5c(c([2H])c2N4c2c(-c4ccccc4)cccc2-c2ccccc2)-n2c4c([2H])c([2H])c(-c6ccccc6)c([2H])c4c4c([2H])c(-c6ccccc6)c6c(c42)B5c2c(c([2H])c([2H])c(-c4ccccc4)c2O6)O3)c([2H])c1[2H]. The number of rotatable bonds is 10. The Hall–Kier alpha value is -13.4. The van der Waals surface area contributed by atoms with Gasteiger partial charge < -0.3 is 23.8 Å². The summed E-state index contributed by atoms with van der Waals surface area (Å²) in [6, 6.07) is 76.8. The zero-order chi connectivity index (χ0) is 83.8. The minimum Gasteiger partial charge on any atom is -0.459 e. The molecule has 0 saturated heterocycles. The van der Waals surface area contributed by atoms with Gasteiger partial charge in [-0.2, -0.15) is 0 Å². The Morgan fingerprint density at radius 3 is 1.31 bits per heavy atom. The second-order valence-electron chi connectivity index (χ2n) is 28.8. The van der Waals surface area contributed by atoms with Crippen molar-refractivity contribution in [3.05, 3.63) is 357 Å². The monoisotopic (exact) mass is 1380 g/mol. The molecule has 5 nitrogen and oxygen atoms in total. The highest BCUT2D eigenvalue weighted by Crippen LogP contribution is 2.57. The normalized spacial score (nSPS) is 15.0. The van der Waals surface area contributed by atoms with Crippen LogP contribution in [0.3, 0.4) is 0 Å². The molecule has 17 aromatic rings. The number of para-hydroxylation sites is 2. The average molecular weight is 1380 g/mol. The Kier molecular flexibility index (Phi) is 10.5. The predicted molar refractivity (Wildman–Crippen MR) is 448 cm³/mol. The summed E-state index contributed by atoms with van der Waals surface area (Å²) in [5, 5.41) is 0.390. The van der Waals surface area contributed by atoms with Crippen LogP contribution in [0.5, 0.6) is 23.0 Å². The van der Waals surface area contributed by atoms with Gasteiger partial charge in [-0.1, -0.05) is 318 Å². The van der Waals surface area contributed by atoms with E-state index in [2.05, 4.69) is 37.8 Å². The molecule has 22 rings (SSSR count). The largest absolute Gasteiger partial charge is 0.459 e. The van der Waals surface area contributed by atoms with Gasteiger partial charge in [0.1, 0.15) is 23.0 Å². The van der Waals surface area contributed by atoms with Gasteiger partial charge in [-0.15, -0.1) is 0 Å². The highest BCUT2D eigenvalue weighted by molar-refractivity contribution is 7.04. The zero-order valence-electron chi connectivity index (χ0n) is 73.1. The quantitative estimate of drug-likeness (QED) is 0.128. The topological polar surface area (TPSA) is 29.9 Å². The third kappa shape index (κ3) is 9.20. The highest BCUT2D eigenvalue weighted by atomic mass is 16.5. The van der Waals surface area contributed by atoms with Gasteiger partial charge >= 0.3 is 0 Å². The fourth-order valence-corrected chi connectivity index (χ4v) is 17.1. The maximum absolute atomic E-state index is 12.4. The Morgan fingerprint density at radius 2 is 0.776 bits per heavy atom. The van der Waals surface area contributed by atoms with E-state index in [-0.39, 0.29) is 121 Å². The van der Waals surface area contributed by atoms with E-state index in [1.54, 1.807) is 16.7 Å². The average Bonchev–Trinajstić information content (AvgIpc) is 1.27. The summed E-state index contributed by atoms with van der Waals surface area (Å²) in [6.07, 6.45) is 0. The minimum atomic E-state index is -1.44. The van der Waals surface area contributed by atoms with Crippen molar-refractivity contribution >= 4 is 102 Å².